The molecule has 0 saturated carbocycles. The number of aryl methyl sites for hydroxylation is 1. The maximum atomic E-state index is 13.2. The van der Waals surface area contributed by atoms with Gasteiger partial charge in [0, 0.05) is 49.7 Å². The lowest BCUT2D eigenvalue weighted by molar-refractivity contribution is -0.121. The number of hydrogen-bond acceptors (Lipinski definition) is 4. The van der Waals surface area contributed by atoms with E-state index in [0.717, 1.165) is 48.9 Å². The van der Waals surface area contributed by atoms with Crippen LogP contribution in [0.2, 0.25) is 0 Å². The molecule has 0 radical (unpaired) electrons. The van der Waals surface area contributed by atoms with Crippen molar-refractivity contribution in [3.05, 3.63) is 70.6 Å². The Balaban J connectivity index is 1.26. The van der Waals surface area contributed by atoms with Crippen molar-refractivity contribution >= 4 is 33.7 Å². The van der Waals surface area contributed by atoms with E-state index >= 15 is 0 Å². The maximum Gasteiger partial charge on any atom is 0.294 e. The molecule has 0 atom stereocenters. The van der Waals surface area contributed by atoms with Gasteiger partial charge >= 0.3 is 0 Å². The van der Waals surface area contributed by atoms with Gasteiger partial charge in [-0.25, -0.2) is 4.98 Å². The molecule has 32 heavy (non-hydrogen) atoms. The van der Waals surface area contributed by atoms with E-state index in [0.29, 0.717) is 18.9 Å². The number of nitrogens with one attached hydrogen (secondary N) is 2. The summed E-state index contributed by atoms with van der Waals surface area (Å²) in [7, 11) is 0. The van der Waals surface area contributed by atoms with Crippen LogP contribution in [0, 0.1) is 0 Å². The van der Waals surface area contributed by atoms with Crippen LogP contribution < -0.4 is 15.8 Å². The number of aromatic nitrogens is 3. The van der Waals surface area contributed by atoms with Crippen molar-refractivity contribution in [3.63, 3.8) is 0 Å². The fourth-order valence-corrected chi connectivity index (χ4v) is 4.51. The van der Waals surface area contributed by atoms with Crippen molar-refractivity contribution in [2.75, 3.05) is 24.5 Å². The van der Waals surface area contributed by atoms with Gasteiger partial charge in [0.15, 0.2) is 5.82 Å². The number of nitrogens with zero attached hydrogens (tertiary/aromatic N) is 3. The Labute approximate surface area is 186 Å². The average molecular weight is 430 g/mol. The normalized spacial score (nSPS) is 13.8. The number of anilines is 1. The van der Waals surface area contributed by atoms with Crippen molar-refractivity contribution < 1.29 is 4.79 Å². The lowest BCUT2D eigenvalue weighted by Crippen LogP contribution is -2.33. The lowest BCUT2D eigenvalue weighted by atomic mass is 10.1. The summed E-state index contributed by atoms with van der Waals surface area (Å²) in [6, 6.07) is 15.8. The van der Waals surface area contributed by atoms with E-state index in [1.807, 2.05) is 48.7 Å². The molecule has 0 unspecified atom stereocenters. The minimum atomic E-state index is -0.114. The highest BCUT2D eigenvalue weighted by Gasteiger charge is 2.20. The molecule has 4 aromatic rings. The summed E-state index contributed by atoms with van der Waals surface area (Å²) in [6.45, 7) is 2.61. The number of carbonyl (C=O) groups excluding carboxylic acids is 1. The fourth-order valence-electron chi connectivity index (χ4n) is 4.51. The number of para-hydroxylation sites is 3. The van der Waals surface area contributed by atoms with E-state index in [4.69, 9.17) is 0 Å². The second-order valence-electron chi connectivity index (χ2n) is 8.28. The number of benzene rings is 2. The van der Waals surface area contributed by atoms with Crippen molar-refractivity contribution in [1.82, 2.24) is 19.9 Å². The number of aromatic amines is 1. The van der Waals surface area contributed by atoms with Crippen molar-refractivity contribution in [2.24, 2.45) is 0 Å². The highest BCUT2D eigenvalue weighted by atomic mass is 16.2. The summed E-state index contributed by atoms with van der Waals surface area (Å²) in [5, 5.41) is 4.19. The van der Waals surface area contributed by atoms with Crippen LogP contribution in [-0.4, -0.2) is 40.1 Å². The Morgan fingerprint density at radius 2 is 1.84 bits per heavy atom. The van der Waals surface area contributed by atoms with E-state index in [1.165, 1.54) is 10.9 Å². The zero-order chi connectivity index (χ0) is 21.9. The molecule has 1 fully saturated rings. The minimum Gasteiger partial charge on any atom is -0.361 e. The molecule has 2 N–H and O–H groups in total. The van der Waals surface area contributed by atoms with Gasteiger partial charge in [-0.05, 0) is 43.0 Å². The Morgan fingerprint density at radius 1 is 1.06 bits per heavy atom. The zero-order valence-electron chi connectivity index (χ0n) is 18.0. The number of carbonyl (C=O) groups is 1. The summed E-state index contributed by atoms with van der Waals surface area (Å²) < 4.78 is 1.70. The molecule has 2 aromatic heterocycles. The van der Waals surface area contributed by atoms with E-state index < -0.39 is 0 Å². The summed E-state index contributed by atoms with van der Waals surface area (Å²) in [5.41, 5.74) is 3.73. The van der Waals surface area contributed by atoms with Gasteiger partial charge in [-0.1, -0.05) is 30.3 Å². The van der Waals surface area contributed by atoms with Crippen molar-refractivity contribution in [1.29, 1.82) is 0 Å². The van der Waals surface area contributed by atoms with Crippen LogP contribution in [-0.2, 0) is 17.8 Å². The number of rotatable bonds is 7. The molecule has 1 saturated heterocycles. The maximum absolute atomic E-state index is 13.2. The predicted octanol–water partition coefficient (Wildman–Crippen LogP) is 3.23. The van der Waals surface area contributed by atoms with Crippen LogP contribution in [0.25, 0.3) is 21.9 Å². The fraction of sp³-hybridized carbons (Fsp3) is 0.320. The highest BCUT2D eigenvalue weighted by Crippen LogP contribution is 2.19. The molecular weight excluding hydrogens is 402 g/mol. The lowest BCUT2D eigenvalue weighted by Gasteiger charge is -2.19. The third-order valence-corrected chi connectivity index (χ3v) is 6.19. The number of fused-ring (bicyclic) bond motifs is 2. The second kappa shape index (κ2) is 8.86. The van der Waals surface area contributed by atoms with Gasteiger partial charge in [-0.2, -0.15) is 0 Å². The van der Waals surface area contributed by atoms with Gasteiger partial charge < -0.3 is 19.8 Å². The van der Waals surface area contributed by atoms with Crippen molar-refractivity contribution in [2.45, 2.75) is 32.2 Å². The molecule has 0 spiro atoms. The van der Waals surface area contributed by atoms with Gasteiger partial charge in [-0.15, -0.1) is 0 Å². The van der Waals surface area contributed by atoms with Crippen LogP contribution in [0.4, 0.5) is 5.82 Å². The average Bonchev–Trinajstić information content (AvgIpc) is 3.49. The Bertz CT molecular complexity index is 1320. The van der Waals surface area contributed by atoms with Crippen LogP contribution in [0.1, 0.15) is 24.8 Å². The monoisotopic (exact) mass is 429 g/mol. The van der Waals surface area contributed by atoms with Crippen molar-refractivity contribution in [3.8, 4) is 0 Å². The molecule has 164 valence electrons. The largest absolute Gasteiger partial charge is 0.361 e. The van der Waals surface area contributed by atoms with Gasteiger partial charge in [0.2, 0.25) is 5.91 Å². The van der Waals surface area contributed by atoms with E-state index in [2.05, 4.69) is 26.3 Å². The third kappa shape index (κ3) is 3.98. The zero-order valence-corrected chi connectivity index (χ0v) is 18.0. The molecule has 1 aliphatic heterocycles. The number of amides is 1. The molecule has 0 aliphatic carbocycles. The van der Waals surface area contributed by atoms with Gasteiger partial charge in [0.1, 0.15) is 0 Å². The molecule has 7 heteroatoms. The standard InChI is InChI=1S/C25H27N5O2/c31-23(26-13-11-18-17-27-20-8-2-1-7-19(18)20)12-16-30-22-10-4-3-9-21(22)28-24(25(30)32)29-14-5-6-15-29/h1-4,7-10,17,27H,5-6,11-16H2,(H,26,31). The SMILES string of the molecule is O=C(CCn1c(=O)c(N2CCCC2)nc2ccccc21)NCCc1c[nH]c2ccccc12. The second-order valence-corrected chi connectivity index (χ2v) is 8.28. The molecule has 7 nitrogen and oxygen atoms in total. The Morgan fingerprint density at radius 3 is 2.72 bits per heavy atom. The first-order valence-electron chi connectivity index (χ1n) is 11.3. The number of H-pyrrole nitrogens is 1. The summed E-state index contributed by atoms with van der Waals surface area (Å²) >= 11 is 0. The molecular formula is C25H27N5O2. The summed E-state index contributed by atoms with van der Waals surface area (Å²) in [4.78, 5) is 35.7. The molecule has 1 aliphatic rings. The molecule has 2 aromatic carbocycles. The highest BCUT2D eigenvalue weighted by molar-refractivity contribution is 5.83. The Hall–Kier alpha value is -3.61. The summed E-state index contributed by atoms with van der Waals surface area (Å²) in [5.74, 6) is 0.446. The first-order valence-corrected chi connectivity index (χ1v) is 11.3. The summed E-state index contributed by atoms with van der Waals surface area (Å²) in [6.07, 6.45) is 5.16. The van der Waals surface area contributed by atoms with Gasteiger partial charge in [0.05, 0.1) is 11.0 Å². The quantitative estimate of drug-likeness (QED) is 0.473. The van der Waals surface area contributed by atoms with Crippen LogP contribution >= 0.6 is 0 Å². The van der Waals surface area contributed by atoms with E-state index in [9.17, 15) is 9.59 Å². The first kappa shape index (κ1) is 20.3. The van der Waals surface area contributed by atoms with Crippen LogP contribution in [0.15, 0.2) is 59.5 Å². The van der Waals surface area contributed by atoms with Gasteiger partial charge in [-0.3, -0.25) is 9.59 Å². The molecule has 5 rings (SSSR count). The predicted molar refractivity (Wildman–Crippen MR) is 127 cm³/mol. The van der Waals surface area contributed by atoms with Crippen LogP contribution in [0.5, 0.6) is 0 Å². The molecule has 3 heterocycles. The third-order valence-electron chi connectivity index (χ3n) is 6.19. The minimum absolute atomic E-state index is 0.0552. The molecule has 1 amide bonds. The van der Waals surface area contributed by atoms with Gasteiger partial charge in [0.25, 0.3) is 5.56 Å². The molecule has 0 bridgehead atoms. The smallest absolute Gasteiger partial charge is 0.294 e. The first-order chi connectivity index (χ1) is 15.7. The topological polar surface area (TPSA) is 83.0 Å². The van der Waals surface area contributed by atoms with E-state index in [1.54, 1.807) is 4.57 Å². The van der Waals surface area contributed by atoms with Crippen LogP contribution in [0.3, 0.4) is 0 Å². The Kier molecular flexibility index (Phi) is 5.62. The van der Waals surface area contributed by atoms with E-state index in [-0.39, 0.29) is 17.9 Å². The number of hydrogen-bond donors (Lipinski definition) is 2.